The van der Waals surface area contributed by atoms with Crippen LogP contribution in [0.4, 0.5) is 0 Å². The number of fused-ring (bicyclic) bond motifs is 1. The molecule has 6 nitrogen and oxygen atoms in total. The van der Waals surface area contributed by atoms with E-state index in [1.54, 1.807) is 0 Å². The Labute approximate surface area is 189 Å². The molecule has 32 heavy (non-hydrogen) atoms. The van der Waals surface area contributed by atoms with Gasteiger partial charge in [-0.05, 0) is 83.9 Å². The molecular weight excluding hydrogens is 402 g/mol. The summed E-state index contributed by atoms with van der Waals surface area (Å²) < 4.78 is 6.05. The highest BCUT2D eigenvalue weighted by Crippen LogP contribution is 2.48. The fourth-order valence-corrected chi connectivity index (χ4v) is 5.47. The minimum atomic E-state index is -0.704. The van der Waals surface area contributed by atoms with E-state index in [9.17, 15) is 9.90 Å². The Morgan fingerprint density at radius 2 is 2.16 bits per heavy atom. The first-order valence-electron chi connectivity index (χ1n) is 11.8. The molecule has 2 unspecified atom stereocenters. The summed E-state index contributed by atoms with van der Waals surface area (Å²) in [4.78, 5) is 15.8. The number of hydrogen-bond donors (Lipinski definition) is 3. The van der Waals surface area contributed by atoms with Crippen LogP contribution in [-0.2, 0) is 17.6 Å². The van der Waals surface area contributed by atoms with Gasteiger partial charge in [0.15, 0.2) is 5.96 Å². The standard InChI is InChI=1S/C26H31N3O3/c30-24(31)16-20-14-21-12-17-6-7-22(32-11-3-10-29-26-27-8-2-9-28-26)15-19(17)13-18-4-1-5-23(20)25(18)21/h1,4-7,15,20-21H,2-3,8-14,16H2,(H,30,31)(H2,27,28,29). The molecule has 0 saturated carbocycles. The van der Waals surface area contributed by atoms with Gasteiger partial charge in [-0.3, -0.25) is 9.79 Å². The van der Waals surface area contributed by atoms with Gasteiger partial charge in [0.25, 0.3) is 0 Å². The first kappa shape index (κ1) is 20.9. The third-order valence-corrected chi connectivity index (χ3v) is 6.87. The smallest absolute Gasteiger partial charge is 0.303 e. The molecule has 0 amide bonds. The number of guanidine groups is 1. The van der Waals surface area contributed by atoms with Crippen LogP contribution in [-0.4, -0.2) is 43.3 Å². The van der Waals surface area contributed by atoms with Crippen molar-refractivity contribution in [3.05, 3.63) is 64.2 Å². The first-order valence-corrected chi connectivity index (χ1v) is 11.8. The van der Waals surface area contributed by atoms with Crippen molar-refractivity contribution >= 4 is 11.9 Å². The molecule has 1 heterocycles. The Hall–Kier alpha value is -3.02. The van der Waals surface area contributed by atoms with Crippen molar-refractivity contribution in [2.45, 2.75) is 50.4 Å². The predicted molar refractivity (Wildman–Crippen MR) is 125 cm³/mol. The number of carboxylic acids is 1. The van der Waals surface area contributed by atoms with Crippen molar-refractivity contribution in [3.8, 4) is 5.75 Å². The minimum Gasteiger partial charge on any atom is -0.494 e. The Morgan fingerprint density at radius 3 is 3.00 bits per heavy atom. The van der Waals surface area contributed by atoms with Gasteiger partial charge in [-0.2, -0.15) is 0 Å². The van der Waals surface area contributed by atoms with E-state index >= 15 is 0 Å². The lowest BCUT2D eigenvalue weighted by atomic mass is 9.92. The number of benzene rings is 2. The summed E-state index contributed by atoms with van der Waals surface area (Å²) in [5.74, 6) is 1.68. The molecule has 0 spiro atoms. The lowest BCUT2D eigenvalue weighted by molar-refractivity contribution is -0.137. The fraction of sp³-hybridized carbons (Fsp3) is 0.462. The van der Waals surface area contributed by atoms with Crippen LogP contribution in [0.5, 0.6) is 5.75 Å². The van der Waals surface area contributed by atoms with Gasteiger partial charge in [0, 0.05) is 19.6 Å². The highest BCUT2D eigenvalue weighted by atomic mass is 16.5. The molecule has 0 radical (unpaired) electrons. The molecule has 2 aliphatic carbocycles. The number of carboxylic acid groups (broad SMARTS) is 1. The number of aliphatic imine (C=N–C) groups is 1. The van der Waals surface area contributed by atoms with E-state index in [-0.39, 0.29) is 12.3 Å². The van der Waals surface area contributed by atoms with Gasteiger partial charge < -0.3 is 20.5 Å². The van der Waals surface area contributed by atoms with Gasteiger partial charge >= 0.3 is 5.97 Å². The third kappa shape index (κ3) is 4.45. The average Bonchev–Trinajstić information content (AvgIpc) is 3.04. The van der Waals surface area contributed by atoms with Gasteiger partial charge in [0.2, 0.25) is 0 Å². The van der Waals surface area contributed by atoms with Gasteiger partial charge in [0.1, 0.15) is 5.75 Å². The van der Waals surface area contributed by atoms with Gasteiger partial charge in [-0.1, -0.05) is 24.3 Å². The molecule has 2 atom stereocenters. The number of hydrogen-bond acceptors (Lipinski definition) is 5. The van der Waals surface area contributed by atoms with Crippen molar-refractivity contribution in [2.24, 2.45) is 4.99 Å². The van der Waals surface area contributed by atoms with E-state index < -0.39 is 5.97 Å². The molecule has 2 aromatic carbocycles. The zero-order valence-electron chi connectivity index (χ0n) is 18.4. The summed E-state index contributed by atoms with van der Waals surface area (Å²) in [6, 6.07) is 12.9. The maximum atomic E-state index is 11.3. The van der Waals surface area contributed by atoms with Crippen molar-refractivity contribution < 1.29 is 14.6 Å². The van der Waals surface area contributed by atoms with Crippen LogP contribution in [0.3, 0.4) is 0 Å². The van der Waals surface area contributed by atoms with Crippen molar-refractivity contribution in [1.29, 1.82) is 0 Å². The lowest BCUT2D eigenvalue weighted by Crippen LogP contribution is -2.41. The molecule has 0 fully saturated rings. The molecule has 2 aromatic rings. The largest absolute Gasteiger partial charge is 0.494 e. The molecule has 1 aliphatic heterocycles. The summed E-state index contributed by atoms with van der Waals surface area (Å²) in [5, 5.41) is 15.9. The number of carbonyl (C=O) groups is 1. The Balaban J connectivity index is 1.23. The maximum Gasteiger partial charge on any atom is 0.303 e. The normalized spacial score (nSPS) is 20.9. The second-order valence-electron chi connectivity index (χ2n) is 9.10. The van der Waals surface area contributed by atoms with E-state index in [1.165, 1.54) is 27.8 Å². The SMILES string of the molecule is O=C(O)CC1CC2Cc3ccc(OCCCNC4=NCCCN4)cc3Cc3cccc1c32. The summed E-state index contributed by atoms with van der Waals surface area (Å²) >= 11 is 0. The Morgan fingerprint density at radius 1 is 1.22 bits per heavy atom. The van der Waals surface area contributed by atoms with Gasteiger partial charge in [-0.15, -0.1) is 0 Å². The van der Waals surface area contributed by atoms with E-state index in [0.717, 1.165) is 63.4 Å². The fourth-order valence-electron chi connectivity index (χ4n) is 5.47. The molecule has 6 heteroatoms. The van der Waals surface area contributed by atoms with E-state index in [0.29, 0.717) is 12.5 Å². The van der Waals surface area contributed by atoms with Gasteiger partial charge in [-0.25, -0.2) is 0 Å². The molecule has 168 valence electrons. The summed E-state index contributed by atoms with van der Waals surface area (Å²) in [5.41, 5.74) is 6.70. The molecular formula is C26H31N3O3. The van der Waals surface area contributed by atoms with Crippen LogP contribution in [0, 0.1) is 0 Å². The molecule has 5 rings (SSSR count). The van der Waals surface area contributed by atoms with Crippen LogP contribution in [0.25, 0.3) is 0 Å². The van der Waals surface area contributed by atoms with Crippen molar-refractivity contribution in [1.82, 2.24) is 10.6 Å². The quantitative estimate of drug-likeness (QED) is 0.582. The van der Waals surface area contributed by atoms with Crippen molar-refractivity contribution in [2.75, 3.05) is 26.2 Å². The molecule has 3 N–H and O–H groups in total. The Bertz CT molecular complexity index is 1030. The number of rotatable bonds is 7. The number of aliphatic carboxylic acids is 1. The zero-order chi connectivity index (χ0) is 21.9. The average molecular weight is 434 g/mol. The highest BCUT2D eigenvalue weighted by molar-refractivity contribution is 5.80. The topological polar surface area (TPSA) is 83.0 Å². The predicted octanol–water partition coefficient (Wildman–Crippen LogP) is 3.59. The number of nitrogens with zero attached hydrogens (tertiary/aromatic N) is 1. The van der Waals surface area contributed by atoms with Crippen LogP contribution in [0.2, 0.25) is 0 Å². The highest BCUT2D eigenvalue weighted by Gasteiger charge is 2.35. The first-order chi connectivity index (χ1) is 15.7. The van der Waals surface area contributed by atoms with Gasteiger partial charge in [0.05, 0.1) is 13.0 Å². The van der Waals surface area contributed by atoms with Crippen LogP contribution >= 0.6 is 0 Å². The van der Waals surface area contributed by atoms with Crippen LogP contribution < -0.4 is 15.4 Å². The second kappa shape index (κ2) is 9.23. The van der Waals surface area contributed by atoms with E-state index in [4.69, 9.17) is 4.74 Å². The lowest BCUT2D eigenvalue weighted by Gasteiger charge is -2.16. The molecule has 0 saturated heterocycles. The molecule has 0 bridgehead atoms. The monoisotopic (exact) mass is 433 g/mol. The summed E-state index contributed by atoms with van der Waals surface area (Å²) in [6.07, 6.45) is 5.04. The summed E-state index contributed by atoms with van der Waals surface area (Å²) in [7, 11) is 0. The summed E-state index contributed by atoms with van der Waals surface area (Å²) in [6.45, 7) is 3.39. The maximum absolute atomic E-state index is 11.3. The van der Waals surface area contributed by atoms with E-state index in [2.05, 4.69) is 52.0 Å². The minimum absolute atomic E-state index is 0.139. The third-order valence-electron chi connectivity index (χ3n) is 6.87. The molecule has 3 aliphatic rings. The zero-order valence-corrected chi connectivity index (χ0v) is 18.4. The van der Waals surface area contributed by atoms with E-state index in [1.807, 2.05) is 0 Å². The number of ether oxygens (including phenoxy) is 1. The van der Waals surface area contributed by atoms with Crippen LogP contribution in [0.15, 0.2) is 41.4 Å². The second-order valence-corrected chi connectivity index (χ2v) is 9.10. The molecule has 0 aromatic heterocycles. The number of nitrogens with one attached hydrogen (secondary N) is 2. The van der Waals surface area contributed by atoms with Crippen molar-refractivity contribution in [3.63, 3.8) is 0 Å². The van der Waals surface area contributed by atoms with Crippen LogP contribution in [0.1, 0.15) is 65.3 Å². The Kier molecular flexibility index (Phi) is 6.02.